The molecule has 0 atom stereocenters. The van der Waals surface area contributed by atoms with E-state index in [1.807, 2.05) is 0 Å². The van der Waals surface area contributed by atoms with E-state index >= 15 is 0 Å². The molecule has 12 heteroatoms. The molecular weight excluding hydrogens is 416 g/mol. The fraction of sp³-hybridized carbons (Fsp3) is 0.500. The van der Waals surface area contributed by atoms with E-state index in [0.29, 0.717) is 54.6 Å². The van der Waals surface area contributed by atoms with Gasteiger partial charge in [-0.3, -0.25) is 14.8 Å². The summed E-state index contributed by atoms with van der Waals surface area (Å²) in [6, 6.07) is 2.85. The Bertz CT molecular complexity index is 1090. The minimum absolute atomic E-state index is 0.0472. The number of hydrogen-bond donors (Lipinski definition) is 0. The predicted octanol–water partition coefficient (Wildman–Crippen LogP) is 1.34. The molecule has 0 unspecified atom stereocenters. The van der Waals surface area contributed by atoms with Crippen molar-refractivity contribution < 1.29 is 27.6 Å². The third-order valence-electron chi connectivity index (χ3n) is 5.19. The minimum Gasteiger partial charge on any atom is -0.467 e. The Morgan fingerprint density at radius 1 is 1.20 bits per heavy atom. The summed E-state index contributed by atoms with van der Waals surface area (Å²) in [5, 5.41) is 15.7. The van der Waals surface area contributed by atoms with Crippen LogP contribution in [-0.4, -0.2) is 60.5 Å². The molecule has 0 saturated carbocycles. The number of ether oxygens (including phenoxy) is 3. The van der Waals surface area contributed by atoms with Gasteiger partial charge in [-0.2, -0.15) is 9.40 Å². The van der Waals surface area contributed by atoms with Gasteiger partial charge in [0.1, 0.15) is 10.6 Å². The van der Waals surface area contributed by atoms with E-state index in [2.05, 4.69) is 5.10 Å². The van der Waals surface area contributed by atoms with Crippen LogP contribution >= 0.6 is 0 Å². The van der Waals surface area contributed by atoms with Crippen LogP contribution in [-0.2, 0) is 32.6 Å². The lowest BCUT2D eigenvalue weighted by Crippen LogP contribution is -2.41. The largest absolute Gasteiger partial charge is 0.467 e. The zero-order valence-corrected chi connectivity index (χ0v) is 17.5. The van der Waals surface area contributed by atoms with E-state index in [1.165, 1.54) is 16.4 Å². The highest BCUT2D eigenvalue weighted by molar-refractivity contribution is 7.89. The number of sulfonamides is 1. The summed E-state index contributed by atoms with van der Waals surface area (Å²) in [6.45, 7) is 5.00. The highest BCUT2D eigenvalue weighted by Crippen LogP contribution is 2.34. The van der Waals surface area contributed by atoms with Gasteiger partial charge in [0.15, 0.2) is 6.79 Å². The van der Waals surface area contributed by atoms with Crippen LogP contribution in [0.25, 0.3) is 0 Å². The molecule has 1 aromatic heterocycles. The Hall–Kier alpha value is -2.54. The van der Waals surface area contributed by atoms with Crippen molar-refractivity contribution in [3.8, 4) is 5.75 Å². The molecule has 0 amide bonds. The van der Waals surface area contributed by atoms with Crippen molar-refractivity contribution in [1.29, 1.82) is 0 Å². The Morgan fingerprint density at radius 2 is 1.93 bits per heavy atom. The first-order chi connectivity index (χ1) is 14.3. The number of nitrogens with zero attached hydrogens (tertiary/aromatic N) is 4. The van der Waals surface area contributed by atoms with Gasteiger partial charge in [0.2, 0.25) is 10.0 Å². The lowest BCUT2D eigenvalue weighted by Gasteiger charge is -2.26. The number of benzene rings is 1. The third kappa shape index (κ3) is 3.67. The molecule has 1 saturated heterocycles. The molecule has 2 aliphatic heterocycles. The molecule has 1 fully saturated rings. The number of rotatable bonds is 5. The summed E-state index contributed by atoms with van der Waals surface area (Å²) in [5.41, 5.74) is 1.88. The van der Waals surface area contributed by atoms with Crippen molar-refractivity contribution in [2.45, 2.75) is 31.9 Å². The average molecular weight is 438 g/mol. The molecule has 0 N–H and O–H groups in total. The molecule has 2 aromatic rings. The second-order valence-electron chi connectivity index (χ2n) is 7.13. The number of aryl methyl sites for hydroxylation is 1. The van der Waals surface area contributed by atoms with Crippen molar-refractivity contribution in [2.75, 3.05) is 33.1 Å². The fourth-order valence-corrected chi connectivity index (χ4v) is 5.57. The molecule has 0 spiro atoms. The van der Waals surface area contributed by atoms with E-state index in [9.17, 15) is 18.5 Å². The van der Waals surface area contributed by atoms with Crippen molar-refractivity contribution in [2.24, 2.45) is 0 Å². The number of nitro groups is 1. The normalized spacial score (nSPS) is 17.4. The van der Waals surface area contributed by atoms with Gasteiger partial charge in [-0.1, -0.05) is 0 Å². The number of aromatic nitrogens is 2. The maximum atomic E-state index is 13.2. The summed E-state index contributed by atoms with van der Waals surface area (Å²) >= 11 is 0. The first-order valence-electron chi connectivity index (χ1n) is 9.41. The Kier molecular flexibility index (Phi) is 5.49. The molecule has 11 nitrogen and oxygen atoms in total. The second kappa shape index (κ2) is 7.95. The molecule has 30 heavy (non-hydrogen) atoms. The summed E-state index contributed by atoms with van der Waals surface area (Å²) in [5.74, 6) is 0.511. The van der Waals surface area contributed by atoms with Crippen molar-refractivity contribution in [1.82, 2.24) is 14.1 Å². The van der Waals surface area contributed by atoms with E-state index < -0.39 is 14.9 Å². The van der Waals surface area contributed by atoms with Crippen LogP contribution in [0.1, 0.15) is 22.5 Å². The molecule has 0 radical (unpaired) electrons. The monoisotopic (exact) mass is 438 g/mol. The number of non-ortho nitro benzene ring substituents is 1. The fourth-order valence-electron chi connectivity index (χ4n) is 3.79. The smallest absolute Gasteiger partial charge is 0.270 e. The van der Waals surface area contributed by atoms with Crippen LogP contribution in [0.15, 0.2) is 17.0 Å². The lowest BCUT2D eigenvalue weighted by molar-refractivity contribution is -0.385. The SMILES string of the molecule is Cc1nn(Cc2cc([N+](=O)[O-])cc3c2OCOC3)c(C)c1S(=O)(=O)N1CCOCC1. The average Bonchev–Trinajstić information content (AvgIpc) is 3.02. The number of fused-ring (bicyclic) bond motifs is 1. The van der Waals surface area contributed by atoms with Gasteiger partial charge in [0.05, 0.1) is 42.7 Å². The Morgan fingerprint density at radius 3 is 2.63 bits per heavy atom. The molecule has 3 heterocycles. The molecule has 2 aliphatic rings. The molecule has 162 valence electrons. The Balaban J connectivity index is 1.73. The highest BCUT2D eigenvalue weighted by atomic mass is 32.2. The lowest BCUT2D eigenvalue weighted by atomic mass is 10.1. The number of nitro benzene ring substituents is 1. The number of morpholine rings is 1. The van der Waals surface area contributed by atoms with Gasteiger partial charge in [0.25, 0.3) is 5.69 Å². The molecular formula is C18H22N4O7S. The van der Waals surface area contributed by atoms with Gasteiger partial charge >= 0.3 is 0 Å². The summed E-state index contributed by atoms with van der Waals surface area (Å²) in [6.07, 6.45) is 0. The zero-order valence-electron chi connectivity index (χ0n) is 16.7. The molecule has 4 rings (SSSR count). The zero-order chi connectivity index (χ0) is 21.5. The van der Waals surface area contributed by atoms with Crippen LogP contribution in [0.5, 0.6) is 5.75 Å². The summed E-state index contributed by atoms with van der Waals surface area (Å²) in [4.78, 5) is 11.0. The van der Waals surface area contributed by atoms with E-state index in [4.69, 9.17) is 14.2 Å². The number of hydrogen-bond acceptors (Lipinski definition) is 8. The van der Waals surface area contributed by atoms with Crippen molar-refractivity contribution in [3.63, 3.8) is 0 Å². The van der Waals surface area contributed by atoms with Crippen LogP contribution in [0.3, 0.4) is 0 Å². The van der Waals surface area contributed by atoms with E-state index in [0.717, 1.165) is 0 Å². The van der Waals surface area contributed by atoms with Crippen molar-refractivity contribution >= 4 is 15.7 Å². The van der Waals surface area contributed by atoms with Crippen LogP contribution in [0.4, 0.5) is 5.69 Å². The van der Waals surface area contributed by atoms with Gasteiger partial charge in [-0.25, -0.2) is 8.42 Å². The van der Waals surface area contributed by atoms with E-state index in [-0.39, 0.29) is 30.5 Å². The molecule has 1 aromatic carbocycles. The van der Waals surface area contributed by atoms with Crippen LogP contribution in [0.2, 0.25) is 0 Å². The first kappa shape index (κ1) is 20.7. The van der Waals surface area contributed by atoms with Crippen LogP contribution < -0.4 is 4.74 Å². The van der Waals surface area contributed by atoms with Gasteiger partial charge in [-0.15, -0.1) is 0 Å². The van der Waals surface area contributed by atoms with Gasteiger partial charge in [0, 0.05) is 36.3 Å². The third-order valence-corrected chi connectivity index (χ3v) is 7.34. The standard InChI is InChI=1S/C18H22N4O7S/c1-12-18(30(25,26)20-3-5-27-6-4-20)13(2)21(19-12)9-14-7-16(22(23)24)8-15-10-28-11-29-17(14)15/h7-8H,3-6,9-11H2,1-2H3. The topological polar surface area (TPSA) is 126 Å². The quantitative estimate of drug-likeness (QED) is 0.506. The Labute approximate surface area is 173 Å². The highest BCUT2D eigenvalue weighted by Gasteiger charge is 2.32. The molecule has 0 aliphatic carbocycles. The van der Waals surface area contributed by atoms with E-state index in [1.54, 1.807) is 18.5 Å². The predicted molar refractivity (Wildman–Crippen MR) is 104 cm³/mol. The second-order valence-corrected chi connectivity index (χ2v) is 9.01. The summed E-state index contributed by atoms with van der Waals surface area (Å²) < 4.78 is 45.3. The summed E-state index contributed by atoms with van der Waals surface area (Å²) in [7, 11) is -3.72. The van der Waals surface area contributed by atoms with Gasteiger partial charge in [-0.05, 0) is 13.8 Å². The minimum atomic E-state index is -3.72. The maximum Gasteiger partial charge on any atom is 0.270 e. The van der Waals surface area contributed by atoms with Crippen molar-refractivity contribution in [3.05, 3.63) is 44.8 Å². The van der Waals surface area contributed by atoms with Gasteiger partial charge < -0.3 is 14.2 Å². The molecule has 0 bridgehead atoms. The maximum absolute atomic E-state index is 13.2. The van der Waals surface area contributed by atoms with Crippen LogP contribution in [0, 0.1) is 24.0 Å². The first-order valence-corrected chi connectivity index (χ1v) is 10.9.